The third-order valence-electron chi connectivity index (χ3n) is 5.16. The average Bonchev–Trinajstić information content (AvgIpc) is 2.92. The smallest absolute Gasteiger partial charge is 0.534 e. The molecule has 7 nitrogen and oxygen atoms in total. The van der Waals surface area contributed by atoms with Crippen LogP contribution in [0, 0.1) is 0 Å². The van der Waals surface area contributed by atoms with Gasteiger partial charge in [-0.15, -0.1) is 0 Å². The molecule has 3 rings (SSSR count). The first-order valence-corrected chi connectivity index (χ1v) is 11.4. The third-order valence-corrected chi connectivity index (χ3v) is 6.47. The number of sulfonamides is 1. The molecule has 0 aromatic heterocycles. The lowest BCUT2D eigenvalue weighted by atomic mass is 9.79. The Kier molecular flexibility index (Phi) is 6.39. The summed E-state index contributed by atoms with van der Waals surface area (Å²) in [5.74, 6) is 1.44. The van der Waals surface area contributed by atoms with E-state index in [1.165, 1.54) is 10.6 Å². The second-order valence-electron chi connectivity index (χ2n) is 7.78. The highest BCUT2D eigenvalue weighted by Crippen LogP contribution is 2.29. The number of nitrogens with zero attached hydrogens (tertiary/aromatic N) is 2. The summed E-state index contributed by atoms with van der Waals surface area (Å²) in [6.07, 6.45) is 2.16. The van der Waals surface area contributed by atoms with Gasteiger partial charge in [-0.1, -0.05) is 18.7 Å². The topological polar surface area (TPSA) is 68.3 Å². The van der Waals surface area contributed by atoms with Crippen molar-refractivity contribution in [1.29, 1.82) is 0 Å². The maximum Gasteiger partial charge on any atom is 0.563 e. The number of piperazine rings is 1. The Morgan fingerprint density at radius 2 is 1.82 bits per heavy atom. The van der Waals surface area contributed by atoms with E-state index in [2.05, 4.69) is 11.5 Å². The standard InChI is InChI=1S/C19H29BN2O5S/c1-16-19(2,3)27-20(26-16)17-6-8-18(9-7-17)25-15-5-10-21-11-13-22(14-12-21)28(4,23)24/h6-9H,1,5,10-15H2,2-4H3. The Hall–Kier alpha value is -1.55. The monoisotopic (exact) mass is 408 g/mol. The van der Waals surface area contributed by atoms with Crippen LogP contribution in [0.25, 0.3) is 0 Å². The summed E-state index contributed by atoms with van der Waals surface area (Å²) in [7, 11) is -3.50. The van der Waals surface area contributed by atoms with Crippen LogP contribution in [-0.4, -0.2) is 75.9 Å². The maximum absolute atomic E-state index is 11.5. The van der Waals surface area contributed by atoms with E-state index < -0.39 is 22.7 Å². The molecule has 2 fully saturated rings. The molecule has 2 aliphatic heterocycles. The second kappa shape index (κ2) is 8.45. The molecule has 2 saturated heterocycles. The summed E-state index contributed by atoms with van der Waals surface area (Å²) >= 11 is 0. The first-order chi connectivity index (χ1) is 13.1. The van der Waals surface area contributed by atoms with Gasteiger partial charge in [0.1, 0.15) is 11.4 Å². The van der Waals surface area contributed by atoms with Gasteiger partial charge in [-0.3, -0.25) is 0 Å². The fourth-order valence-electron chi connectivity index (χ4n) is 3.25. The molecule has 28 heavy (non-hydrogen) atoms. The summed E-state index contributed by atoms with van der Waals surface area (Å²) in [5, 5.41) is 0. The molecular formula is C19H29BN2O5S. The number of benzene rings is 1. The van der Waals surface area contributed by atoms with E-state index in [1.807, 2.05) is 38.1 Å². The van der Waals surface area contributed by atoms with Gasteiger partial charge in [-0.25, -0.2) is 8.42 Å². The Balaban J connectivity index is 1.38. The average molecular weight is 408 g/mol. The predicted octanol–water partition coefficient (Wildman–Crippen LogP) is 1.07. The highest BCUT2D eigenvalue weighted by atomic mass is 32.2. The summed E-state index contributed by atoms with van der Waals surface area (Å²) in [6, 6.07) is 7.72. The van der Waals surface area contributed by atoms with Gasteiger partial charge in [0.25, 0.3) is 0 Å². The lowest BCUT2D eigenvalue weighted by Crippen LogP contribution is -2.48. The van der Waals surface area contributed by atoms with Crippen LogP contribution < -0.4 is 10.2 Å². The minimum Gasteiger partial charge on any atom is -0.534 e. The molecule has 0 unspecified atom stereocenters. The van der Waals surface area contributed by atoms with Crippen LogP contribution in [0.1, 0.15) is 20.3 Å². The van der Waals surface area contributed by atoms with Crippen LogP contribution in [0.3, 0.4) is 0 Å². The summed E-state index contributed by atoms with van der Waals surface area (Å²) in [4.78, 5) is 2.28. The van der Waals surface area contributed by atoms with Gasteiger partial charge in [0, 0.05) is 32.7 Å². The largest absolute Gasteiger partial charge is 0.563 e. The Bertz CT molecular complexity index is 789. The van der Waals surface area contributed by atoms with Crippen molar-refractivity contribution in [1.82, 2.24) is 9.21 Å². The molecule has 154 valence electrons. The van der Waals surface area contributed by atoms with Crippen LogP contribution in [-0.2, 0) is 19.3 Å². The van der Waals surface area contributed by atoms with Crippen LogP contribution in [0.5, 0.6) is 5.75 Å². The summed E-state index contributed by atoms with van der Waals surface area (Å²) in [6.45, 7) is 12.0. The fraction of sp³-hybridized carbons (Fsp3) is 0.579. The van der Waals surface area contributed by atoms with Crippen molar-refractivity contribution in [2.24, 2.45) is 0 Å². The Labute approximate surface area is 168 Å². The Morgan fingerprint density at radius 3 is 2.36 bits per heavy atom. The zero-order valence-corrected chi connectivity index (χ0v) is 17.7. The van der Waals surface area contributed by atoms with Gasteiger partial charge >= 0.3 is 7.12 Å². The van der Waals surface area contributed by atoms with E-state index in [4.69, 9.17) is 14.0 Å². The first-order valence-electron chi connectivity index (χ1n) is 9.59. The fourth-order valence-corrected chi connectivity index (χ4v) is 4.08. The van der Waals surface area contributed by atoms with Crippen molar-refractivity contribution in [2.75, 3.05) is 45.6 Å². The van der Waals surface area contributed by atoms with Crippen molar-refractivity contribution < 1.29 is 22.5 Å². The number of rotatable bonds is 7. The van der Waals surface area contributed by atoms with Crippen LogP contribution >= 0.6 is 0 Å². The predicted molar refractivity (Wildman–Crippen MR) is 110 cm³/mol. The molecule has 0 saturated carbocycles. The van der Waals surface area contributed by atoms with E-state index in [1.54, 1.807) is 0 Å². The molecule has 0 aliphatic carbocycles. The Morgan fingerprint density at radius 1 is 1.18 bits per heavy atom. The molecule has 0 radical (unpaired) electrons. The van der Waals surface area contributed by atoms with Crippen LogP contribution in [0.4, 0.5) is 0 Å². The van der Waals surface area contributed by atoms with Crippen molar-refractivity contribution in [3.8, 4) is 5.75 Å². The molecular weight excluding hydrogens is 379 g/mol. The zero-order valence-electron chi connectivity index (χ0n) is 16.9. The van der Waals surface area contributed by atoms with Crippen molar-refractivity contribution in [3.05, 3.63) is 36.6 Å². The summed E-state index contributed by atoms with van der Waals surface area (Å²) in [5.41, 5.74) is 0.454. The normalized spacial score (nSPS) is 21.0. The molecule has 0 amide bonds. The van der Waals surface area contributed by atoms with E-state index in [0.717, 1.165) is 37.3 Å². The molecule has 1 aromatic rings. The molecule has 2 heterocycles. The van der Waals surface area contributed by atoms with E-state index >= 15 is 0 Å². The number of ether oxygens (including phenoxy) is 1. The quantitative estimate of drug-likeness (QED) is 0.497. The van der Waals surface area contributed by atoms with Crippen molar-refractivity contribution >= 4 is 22.6 Å². The van der Waals surface area contributed by atoms with Crippen LogP contribution in [0.15, 0.2) is 36.6 Å². The van der Waals surface area contributed by atoms with Gasteiger partial charge in [-0.2, -0.15) is 4.31 Å². The van der Waals surface area contributed by atoms with Crippen molar-refractivity contribution in [2.45, 2.75) is 25.9 Å². The molecule has 0 atom stereocenters. The first kappa shape index (κ1) is 21.2. The van der Waals surface area contributed by atoms with E-state index in [0.29, 0.717) is 25.5 Å². The number of hydrogen-bond acceptors (Lipinski definition) is 6. The molecule has 0 bridgehead atoms. The van der Waals surface area contributed by atoms with E-state index in [-0.39, 0.29) is 0 Å². The minimum absolute atomic E-state index is 0.429. The highest BCUT2D eigenvalue weighted by Gasteiger charge is 2.42. The lowest BCUT2D eigenvalue weighted by molar-refractivity contribution is 0.173. The second-order valence-corrected chi connectivity index (χ2v) is 9.76. The molecule has 9 heteroatoms. The van der Waals surface area contributed by atoms with Crippen molar-refractivity contribution in [3.63, 3.8) is 0 Å². The summed E-state index contributed by atoms with van der Waals surface area (Å²) < 4.78 is 42.0. The lowest BCUT2D eigenvalue weighted by Gasteiger charge is -2.33. The van der Waals surface area contributed by atoms with Gasteiger partial charge in [0.05, 0.1) is 18.6 Å². The SMILES string of the molecule is C=C1OB(c2ccc(OCCCN3CCN(S(C)(=O)=O)CC3)cc2)OC1(C)C. The van der Waals surface area contributed by atoms with Gasteiger partial charge in [-0.05, 0) is 37.9 Å². The highest BCUT2D eigenvalue weighted by molar-refractivity contribution is 7.88. The maximum atomic E-state index is 11.5. The van der Waals surface area contributed by atoms with Gasteiger partial charge < -0.3 is 18.9 Å². The van der Waals surface area contributed by atoms with E-state index in [9.17, 15) is 8.42 Å². The molecule has 2 aliphatic rings. The van der Waals surface area contributed by atoms with Crippen LogP contribution in [0.2, 0.25) is 0 Å². The minimum atomic E-state index is -3.07. The molecule has 0 spiro atoms. The molecule has 0 N–H and O–H groups in total. The third kappa shape index (κ3) is 5.28. The number of hydrogen-bond donors (Lipinski definition) is 0. The zero-order chi connectivity index (χ0) is 20.4. The molecule has 1 aromatic carbocycles. The van der Waals surface area contributed by atoms with Gasteiger partial charge in [0.15, 0.2) is 0 Å². The van der Waals surface area contributed by atoms with Gasteiger partial charge in [0.2, 0.25) is 10.0 Å².